The number of esters is 1. The number of nitrogens with one attached hydrogen (secondary N) is 1. The number of aliphatic hydroxyl groups excluding tert-OH is 1. The highest BCUT2D eigenvalue weighted by Gasteiger charge is 2.40. The first-order valence-corrected chi connectivity index (χ1v) is 6.62. The molecule has 0 aromatic carbocycles. The molecular weight excluding hydrogens is 276 g/mol. The molecule has 1 amide bonds. The minimum Gasteiger partial charge on any atom is -0.467 e. The number of aromatic nitrogens is 1. The van der Waals surface area contributed by atoms with Crippen LogP contribution in [0, 0.1) is 13.8 Å². The van der Waals surface area contributed by atoms with Gasteiger partial charge in [0.25, 0.3) is 11.5 Å². The van der Waals surface area contributed by atoms with Crippen molar-refractivity contribution in [2.75, 3.05) is 13.7 Å². The lowest BCUT2D eigenvalue weighted by Crippen LogP contribution is -2.43. The van der Waals surface area contributed by atoms with Crippen molar-refractivity contribution in [3.05, 3.63) is 33.2 Å². The van der Waals surface area contributed by atoms with Crippen LogP contribution in [0.5, 0.6) is 0 Å². The first-order valence-electron chi connectivity index (χ1n) is 6.62. The van der Waals surface area contributed by atoms with Gasteiger partial charge in [-0.05, 0) is 25.5 Å². The van der Waals surface area contributed by atoms with E-state index in [0.29, 0.717) is 11.3 Å². The minimum absolute atomic E-state index is 0.00531. The molecule has 21 heavy (non-hydrogen) atoms. The number of aryl methyl sites for hydroxylation is 2. The lowest BCUT2D eigenvalue weighted by molar-refractivity contribution is -0.145. The number of methoxy groups -OCH3 is 1. The summed E-state index contributed by atoms with van der Waals surface area (Å²) in [7, 11) is 1.22. The third kappa shape index (κ3) is 2.82. The Hall–Kier alpha value is -2.15. The number of nitrogens with zero attached hydrogens (tertiary/aromatic N) is 1. The zero-order valence-electron chi connectivity index (χ0n) is 12.2. The molecule has 0 saturated carbocycles. The average Bonchev–Trinajstić information content (AvgIpc) is 2.78. The summed E-state index contributed by atoms with van der Waals surface area (Å²) in [5, 5.41) is 9.71. The Kier molecular flexibility index (Phi) is 4.13. The molecule has 0 spiro atoms. The van der Waals surface area contributed by atoms with Crippen molar-refractivity contribution >= 4 is 11.9 Å². The third-order valence-electron chi connectivity index (χ3n) is 3.59. The van der Waals surface area contributed by atoms with Crippen molar-refractivity contribution < 1.29 is 19.4 Å². The Morgan fingerprint density at radius 3 is 2.67 bits per heavy atom. The van der Waals surface area contributed by atoms with E-state index in [1.807, 2.05) is 0 Å². The van der Waals surface area contributed by atoms with Gasteiger partial charge in [-0.15, -0.1) is 0 Å². The molecule has 2 rings (SSSR count). The van der Waals surface area contributed by atoms with Crippen molar-refractivity contribution in [2.45, 2.75) is 32.4 Å². The highest BCUT2D eigenvalue weighted by molar-refractivity contribution is 5.98. The van der Waals surface area contributed by atoms with Gasteiger partial charge >= 0.3 is 5.97 Å². The molecule has 0 aliphatic carbocycles. The number of β-amino-alcohol motifs (C(OH)–C–C–N with tert-alkyl or cyclic N) is 1. The van der Waals surface area contributed by atoms with Crippen LogP contribution in [0.1, 0.15) is 28.0 Å². The highest BCUT2D eigenvalue weighted by Crippen LogP contribution is 2.21. The van der Waals surface area contributed by atoms with Crippen LogP contribution in [0.25, 0.3) is 0 Å². The summed E-state index contributed by atoms with van der Waals surface area (Å²) in [5.74, 6) is -1.17. The fraction of sp³-hybridized carbons (Fsp3) is 0.500. The number of H-pyrrole nitrogens is 1. The fourth-order valence-electron chi connectivity index (χ4n) is 2.66. The molecule has 2 atom stereocenters. The van der Waals surface area contributed by atoms with Crippen LogP contribution in [0.2, 0.25) is 0 Å². The number of carbonyl (C=O) groups excluding carboxylic acids is 2. The molecule has 1 fully saturated rings. The van der Waals surface area contributed by atoms with E-state index in [2.05, 4.69) is 9.72 Å². The van der Waals surface area contributed by atoms with Crippen LogP contribution >= 0.6 is 0 Å². The number of aliphatic hydroxyl groups is 1. The number of carbonyl (C=O) groups is 2. The van der Waals surface area contributed by atoms with Crippen LogP contribution in [0.4, 0.5) is 0 Å². The summed E-state index contributed by atoms with van der Waals surface area (Å²) < 4.78 is 4.65. The predicted molar refractivity (Wildman–Crippen MR) is 74.0 cm³/mol. The standard InChI is InChI=1S/C14H18N2O5/c1-7-4-8(2)15-12(18)11(7)13(19)16-6-9(17)5-10(16)14(20)21-3/h4,9-10,17H,5-6H2,1-3H3,(H,15,18). The molecule has 2 N–H and O–H groups in total. The van der Waals surface area contributed by atoms with Gasteiger partial charge < -0.3 is 19.7 Å². The number of ether oxygens (including phenoxy) is 1. The molecule has 1 aliphatic heterocycles. The third-order valence-corrected chi connectivity index (χ3v) is 3.59. The van der Waals surface area contributed by atoms with Gasteiger partial charge in [0.1, 0.15) is 11.6 Å². The number of hydrogen-bond donors (Lipinski definition) is 2. The van der Waals surface area contributed by atoms with Crippen molar-refractivity contribution in [3.63, 3.8) is 0 Å². The normalized spacial score (nSPS) is 21.4. The maximum absolute atomic E-state index is 12.6. The Balaban J connectivity index is 2.39. The molecule has 114 valence electrons. The first kappa shape index (κ1) is 15.2. The summed E-state index contributed by atoms with van der Waals surface area (Å²) in [6.07, 6.45) is -0.691. The van der Waals surface area contributed by atoms with E-state index in [0.717, 1.165) is 0 Å². The zero-order valence-corrected chi connectivity index (χ0v) is 12.2. The van der Waals surface area contributed by atoms with Gasteiger partial charge in [0.05, 0.1) is 13.2 Å². The number of aromatic amines is 1. The second-order valence-electron chi connectivity index (χ2n) is 5.23. The van der Waals surface area contributed by atoms with E-state index in [-0.39, 0.29) is 18.5 Å². The molecule has 2 unspecified atom stereocenters. The van der Waals surface area contributed by atoms with Crippen molar-refractivity contribution in [2.24, 2.45) is 0 Å². The molecule has 7 heteroatoms. The fourth-order valence-corrected chi connectivity index (χ4v) is 2.66. The molecule has 0 bridgehead atoms. The quantitative estimate of drug-likeness (QED) is 0.732. The Bertz CT molecular complexity index is 637. The van der Waals surface area contributed by atoms with Crippen molar-refractivity contribution in [1.82, 2.24) is 9.88 Å². The van der Waals surface area contributed by atoms with Gasteiger partial charge in [-0.1, -0.05) is 0 Å². The monoisotopic (exact) mass is 294 g/mol. The first-order chi connectivity index (χ1) is 9.85. The summed E-state index contributed by atoms with van der Waals surface area (Å²) in [4.78, 5) is 40.1. The van der Waals surface area contributed by atoms with Crippen LogP contribution in [-0.4, -0.2) is 52.7 Å². The number of pyridine rings is 1. The second kappa shape index (κ2) is 5.69. The van der Waals surface area contributed by atoms with Gasteiger partial charge in [-0.3, -0.25) is 9.59 Å². The molecule has 7 nitrogen and oxygen atoms in total. The lowest BCUT2D eigenvalue weighted by atomic mass is 10.1. The number of rotatable bonds is 2. The van der Waals surface area contributed by atoms with Crippen molar-refractivity contribution in [3.8, 4) is 0 Å². The van der Waals surface area contributed by atoms with Crippen molar-refractivity contribution in [1.29, 1.82) is 0 Å². The maximum atomic E-state index is 12.6. The number of hydrogen-bond acceptors (Lipinski definition) is 5. The number of amides is 1. The van der Waals surface area contributed by atoms with E-state index in [4.69, 9.17) is 0 Å². The SMILES string of the molecule is COC(=O)C1CC(O)CN1C(=O)c1c(C)cc(C)[nH]c1=O. The van der Waals surface area contributed by atoms with Crippen LogP contribution < -0.4 is 5.56 Å². The van der Waals surface area contributed by atoms with E-state index in [9.17, 15) is 19.5 Å². The van der Waals surface area contributed by atoms with E-state index < -0.39 is 29.6 Å². The largest absolute Gasteiger partial charge is 0.467 e. The summed E-state index contributed by atoms with van der Waals surface area (Å²) >= 11 is 0. The molecule has 0 radical (unpaired) electrons. The lowest BCUT2D eigenvalue weighted by Gasteiger charge is -2.22. The zero-order chi connectivity index (χ0) is 15.7. The Labute approximate surface area is 121 Å². The molecule has 1 saturated heterocycles. The van der Waals surface area contributed by atoms with E-state index in [1.165, 1.54) is 12.0 Å². The molecular formula is C14H18N2O5. The molecule has 2 heterocycles. The van der Waals surface area contributed by atoms with E-state index in [1.54, 1.807) is 19.9 Å². The van der Waals surface area contributed by atoms with Crippen LogP contribution in [0.3, 0.4) is 0 Å². The second-order valence-corrected chi connectivity index (χ2v) is 5.23. The van der Waals surface area contributed by atoms with Gasteiger partial charge in [0.15, 0.2) is 0 Å². The van der Waals surface area contributed by atoms with Gasteiger partial charge in [0.2, 0.25) is 0 Å². The van der Waals surface area contributed by atoms with E-state index >= 15 is 0 Å². The Morgan fingerprint density at radius 1 is 1.43 bits per heavy atom. The van der Waals surface area contributed by atoms with Crippen LogP contribution in [0.15, 0.2) is 10.9 Å². The highest BCUT2D eigenvalue weighted by atomic mass is 16.5. The van der Waals surface area contributed by atoms with Gasteiger partial charge in [0, 0.05) is 18.7 Å². The Morgan fingerprint density at radius 2 is 2.10 bits per heavy atom. The van der Waals surface area contributed by atoms with Crippen LogP contribution in [-0.2, 0) is 9.53 Å². The topological polar surface area (TPSA) is 99.7 Å². The summed E-state index contributed by atoms with van der Waals surface area (Å²) in [5.41, 5.74) is 0.678. The molecule has 1 aromatic heterocycles. The summed E-state index contributed by atoms with van der Waals surface area (Å²) in [6, 6.07) is 0.825. The van der Waals surface area contributed by atoms with Gasteiger partial charge in [-0.25, -0.2) is 4.79 Å². The maximum Gasteiger partial charge on any atom is 0.328 e. The average molecular weight is 294 g/mol. The minimum atomic E-state index is -0.863. The summed E-state index contributed by atoms with van der Waals surface area (Å²) in [6.45, 7) is 3.39. The number of likely N-dealkylation sites (tertiary alicyclic amines) is 1. The smallest absolute Gasteiger partial charge is 0.328 e. The molecule has 1 aromatic rings. The molecule has 1 aliphatic rings. The predicted octanol–water partition coefficient (Wildman–Crippen LogP) is -0.260. The van der Waals surface area contributed by atoms with Gasteiger partial charge in [-0.2, -0.15) is 0 Å².